The molecule has 0 unspecified atom stereocenters. The molecule has 0 radical (unpaired) electrons. The molecule has 1 aromatic carbocycles. The van der Waals surface area contributed by atoms with Gasteiger partial charge in [-0.25, -0.2) is 4.79 Å². The van der Waals surface area contributed by atoms with Gasteiger partial charge in [-0.15, -0.1) is 0 Å². The van der Waals surface area contributed by atoms with E-state index in [0.717, 1.165) is 0 Å². The number of hydrogen-bond acceptors (Lipinski definition) is 8. The summed E-state index contributed by atoms with van der Waals surface area (Å²) >= 11 is 1.35. The summed E-state index contributed by atoms with van der Waals surface area (Å²) in [4.78, 5) is 35.3. The molecular formula is C17H21NO7S. The van der Waals surface area contributed by atoms with Crippen LogP contribution in [0.1, 0.15) is 34.8 Å². The molecule has 0 aliphatic carbocycles. The van der Waals surface area contributed by atoms with Crippen LogP contribution in [0.25, 0.3) is 0 Å². The van der Waals surface area contributed by atoms with Gasteiger partial charge in [0.05, 0.1) is 18.0 Å². The molecule has 0 bridgehead atoms. The highest BCUT2D eigenvalue weighted by Gasteiger charge is 2.24. The number of cyclic esters (lactones) is 1. The van der Waals surface area contributed by atoms with E-state index in [9.17, 15) is 24.6 Å². The summed E-state index contributed by atoms with van der Waals surface area (Å²) in [5.41, 5.74) is 0.766. The van der Waals surface area contributed by atoms with E-state index in [1.807, 2.05) is 0 Å². The number of amides is 1. The highest BCUT2D eigenvalue weighted by Crippen LogP contribution is 2.35. The minimum absolute atomic E-state index is 0.0291. The summed E-state index contributed by atoms with van der Waals surface area (Å²) in [6, 6.07) is 0.779. The number of carbonyl (C=O) groups is 3. The maximum absolute atomic E-state index is 12.4. The van der Waals surface area contributed by atoms with Crippen LogP contribution in [-0.4, -0.2) is 53.1 Å². The molecule has 0 saturated heterocycles. The number of aromatic hydroxyl groups is 2. The Morgan fingerprint density at radius 2 is 2.12 bits per heavy atom. The van der Waals surface area contributed by atoms with Gasteiger partial charge in [0.25, 0.3) is 0 Å². The van der Waals surface area contributed by atoms with Gasteiger partial charge in [-0.2, -0.15) is 11.8 Å². The van der Waals surface area contributed by atoms with Crippen molar-refractivity contribution in [3.63, 3.8) is 0 Å². The highest BCUT2D eigenvalue weighted by atomic mass is 32.2. The quantitative estimate of drug-likeness (QED) is 0.652. The Morgan fingerprint density at radius 1 is 1.38 bits per heavy atom. The van der Waals surface area contributed by atoms with E-state index in [2.05, 4.69) is 5.32 Å². The largest absolute Gasteiger partial charge is 0.508 e. The summed E-state index contributed by atoms with van der Waals surface area (Å²) in [6.45, 7) is 2.73. The predicted octanol–water partition coefficient (Wildman–Crippen LogP) is 1.25. The number of phenols is 2. The van der Waals surface area contributed by atoms with Gasteiger partial charge in [0.1, 0.15) is 24.7 Å². The topological polar surface area (TPSA) is 122 Å². The lowest BCUT2D eigenvalue weighted by molar-refractivity contribution is -0.142. The normalized spacial score (nSPS) is 18.6. The lowest BCUT2D eigenvalue weighted by atomic mass is 10.0. The number of rotatable bonds is 2. The van der Waals surface area contributed by atoms with Gasteiger partial charge in [-0.05, 0) is 6.92 Å². The zero-order valence-corrected chi connectivity index (χ0v) is 15.4. The van der Waals surface area contributed by atoms with Crippen LogP contribution < -0.4 is 5.32 Å². The van der Waals surface area contributed by atoms with Crippen LogP contribution in [0.2, 0.25) is 0 Å². The number of hydrogen-bond donors (Lipinski definition) is 3. The fourth-order valence-corrected chi connectivity index (χ4v) is 3.57. The van der Waals surface area contributed by atoms with Crippen LogP contribution in [0.4, 0.5) is 0 Å². The number of ether oxygens (including phenoxy) is 2. The molecule has 26 heavy (non-hydrogen) atoms. The van der Waals surface area contributed by atoms with Crippen molar-refractivity contribution in [2.45, 2.75) is 32.1 Å². The minimum Gasteiger partial charge on any atom is -0.508 e. The number of thioether (sulfide) groups is 1. The van der Waals surface area contributed by atoms with Crippen LogP contribution in [0.5, 0.6) is 11.5 Å². The third-order valence-corrected chi connectivity index (χ3v) is 4.96. The number of esters is 2. The second-order valence-corrected chi connectivity index (χ2v) is 6.89. The summed E-state index contributed by atoms with van der Waals surface area (Å²) in [5.74, 6) is -1.22. The first-order valence-corrected chi connectivity index (χ1v) is 9.17. The molecule has 1 heterocycles. The number of carbonyl (C=O) groups excluding carboxylic acids is 3. The monoisotopic (exact) mass is 383 g/mol. The van der Waals surface area contributed by atoms with E-state index in [1.54, 1.807) is 6.92 Å². The fourth-order valence-electron chi connectivity index (χ4n) is 2.49. The molecule has 142 valence electrons. The molecule has 1 aromatic rings. The summed E-state index contributed by atoms with van der Waals surface area (Å²) < 4.78 is 10.1. The van der Waals surface area contributed by atoms with E-state index in [0.29, 0.717) is 16.9 Å². The molecule has 1 atom stereocenters. The smallest absolute Gasteiger partial charge is 0.338 e. The second-order valence-electron chi connectivity index (χ2n) is 5.86. The van der Waals surface area contributed by atoms with Crippen molar-refractivity contribution < 1.29 is 34.1 Å². The average Bonchev–Trinajstić information content (AvgIpc) is 2.55. The zero-order valence-electron chi connectivity index (χ0n) is 14.5. The number of phenolic OH excluding ortho intramolecular Hbond substituents is 2. The lowest BCUT2D eigenvalue weighted by Crippen LogP contribution is -2.41. The average molecular weight is 383 g/mol. The van der Waals surface area contributed by atoms with Gasteiger partial charge in [-0.1, -0.05) is 0 Å². The lowest BCUT2D eigenvalue weighted by Gasteiger charge is -2.20. The van der Waals surface area contributed by atoms with E-state index < -0.39 is 18.0 Å². The van der Waals surface area contributed by atoms with Crippen LogP contribution >= 0.6 is 11.8 Å². The van der Waals surface area contributed by atoms with Gasteiger partial charge in [0.15, 0.2) is 0 Å². The molecule has 9 heteroatoms. The molecular weight excluding hydrogens is 362 g/mol. The van der Waals surface area contributed by atoms with Crippen LogP contribution in [0, 0.1) is 6.92 Å². The van der Waals surface area contributed by atoms with Gasteiger partial charge in [0.2, 0.25) is 5.91 Å². The van der Waals surface area contributed by atoms with Crippen LogP contribution in [-0.2, 0) is 24.8 Å². The maximum Gasteiger partial charge on any atom is 0.338 e. The van der Waals surface area contributed by atoms with E-state index >= 15 is 0 Å². The van der Waals surface area contributed by atoms with E-state index in [1.165, 1.54) is 24.8 Å². The number of benzene rings is 1. The van der Waals surface area contributed by atoms with Crippen molar-refractivity contribution in [2.75, 3.05) is 19.0 Å². The Labute approximate surface area is 154 Å². The van der Waals surface area contributed by atoms with Crippen molar-refractivity contribution in [2.24, 2.45) is 0 Å². The second kappa shape index (κ2) is 8.79. The Hall–Kier alpha value is -2.42. The SMILES string of the molecule is CC(=O)OC[C@@H]1CSCc2c(O)cc(O)c(C)c2C(=O)OCCC(=O)N1. The number of nitrogens with one attached hydrogen (secondary N) is 1. The summed E-state index contributed by atoms with van der Waals surface area (Å²) in [5, 5.41) is 22.8. The molecule has 0 fully saturated rings. The molecule has 3 N–H and O–H groups in total. The Kier molecular flexibility index (Phi) is 6.73. The van der Waals surface area contributed by atoms with Gasteiger partial charge >= 0.3 is 11.9 Å². The first-order valence-electron chi connectivity index (χ1n) is 8.01. The van der Waals surface area contributed by atoms with Crippen molar-refractivity contribution >= 4 is 29.6 Å². The molecule has 0 saturated carbocycles. The summed E-state index contributed by atoms with van der Waals surface area (Å²) in [6.07, 6.45) is -0.0494. The van der Waals surface area contributed by atoms with E-state index in [4.69, 9.17) is 9.47 Å². The fraction of sp³-hybridized carbons (Fsp3) is 0.471. The molecule has 0 aromatic heterocycles. The highest BCUT2D eigenvalue weighted by molar-refractivity contribution is 7.98. The van der Waals surface area contributed by atoms with Gasteiger partial charge in [-0.3, -0.25) is 9.59 Å². The van der Waals surface area contributed by atoms with Gasteiger partial charge < -0.3 is 25.0 Å². The van der Waals surface area contributed by atoms with Crippen molar-refractivity contribution in [3.8, 4) is 11.5 Å². The molecule has 1 amide bonds. The minimum atomic E-state index is -0.700. The third kappa shape index (κ3) is 5.04. The first kappa shape index (κ1) is 19.9. The maximum atomic E-state index is 12.4. The summed E-state index contributed by atoms with van der Waals surface area (Å²) in [7, 11) is 0. The van der Waals surface area contributed by atoms with Gasteiger partial charge in [0, 0.05) is 35.6 Å². The standard InChI is InChI=1S/C17H21NO7S/c1-9-13(20)5-14(21)12-8-26-7-11(6-25-10(2)19)18-15(22)3-4-24-17(23)16(9)12/h5,11,20-21H,3-4,6-8H2,1-2H3,(H,18,22)/t11-/m1/s1. The Balaban J connectivity index is 2.27. The zero-order chi connectivity index (χ0) is 19.3. The van der Waals surface area contributed by atoms with Crippen molar-refractivity contribution in [1.29, 1.82) is 0 Å². The molecule has 1 aliphatic heterocycles. The van der Waals surface area contributed by atoms with Crippen molar-refractivity contribution in [1.82, 2.24) is 5.32 Å². The molecule has 0 spiro atoms. The van der Waals surface area contributed by atoms with Crippen molar-refractivity contribution in [3.05, 3.63) is 22.8 Å². The third-order valence-electron chi connectivity index (χ3n) is 3.83. The molecule has 2 rings (SSSR count). The Bertz CT molecular complexity index is 720. The van der Waals surface area contributed by atoms with Crippen LogP contribution in [0.15, 0.2) is 6.07 Å². The predicted molar refractivity (Wildman–Crippen MR) is 94.1 cm³/mol. The molecule has 1 aliphatic rings. The number of fused-ring (bicyclic) bond motifs is 1. The Morgan fingerprint density at radius 3 is 2.81 bits per heavy atom. The first-order chi connectivity index (χ1) is 12.3. The molecule has 8 nitrogen and oxygen atoms in total. The van der Waals surface area contributed by atoms with E-state index in [-0.39, 0.29) is 48.4 Å². The van der Waals surface area contributed by atoms with Crippen LogP contribution in [0.3, 0.4) is 0 Å².